The summed E-state index contributed by atoms with van der Waals surface area (Å²) in [7, 11) is 1.64. The summed E-state index contributed by atoms with van der Waals surface area (Å²) in [6, 6.07) is 6.37. The molecule has 0 saturated heterocycles. The van der Waals surface area contributed by atoms with Gasteiger partial charge in [0.05, 0.1) is 25.0 Å². The SMILES string of the molecule is COc1c(N)cccc1-c1cnn(C2CC2)c1. The summed E-state index contributed by atoms with van der Waals surface area (Å²) in [5.74, 6) is 0.725. The van der Waals surface area contributed by atoms with E-state index in [0.717, 1.165) is 16.9 Å². The molecule has 88 valence electrons. The number of nitrogens with zero attached hydrogens (tertiary/aromatic N) is 2. The fourth-order valence-electron chi connectivity index (χ4n) is 2.03. The maximum atomic E-state index is 5.90. The van der Waals surface area contributed by atoms with Crippen LogP contribution in [0.4, 0.5) is 5.69 Å². The molecule has 4 heteroatoms. The Balaban J connectivity index is 2.04. The van der Waals surface area contributed by atoms with Crippen molar-refractivity contribution in [1.82, 2.24) is 9.78 Å². The Morgan fingerprint density at radius 1 is 1.41 bits per heavy atom. The lowest BCUT2D eigenvalue weighted by molar-refractivity contribution is 0.418. The number of methoxy groups -OCH3 is 1. The maximum Gasteiger partial charge on any atom is 0.149 e. The van der Waals surface area contributed by atoms with E-state index in [9.17, 15) is 0 Å². The van der Waals surface area contributed by atoms with E-state index >= 15 is 0 Å². The van der Waals surface area contributed by atoms with E-state index < -0.39 is 0 Å². The van der Waals surface area contributed by atoms with Crippen LogP contribution < -0.4 is 10.5 Å². The van der Waals surface area contributed by atoms with Crippen molar-refractivity contribution < 1.29 is 4.74 Å². The maximum absolute atomic E-state index is 5.90. The Hall–Kier alpha value is -1.97. The molecule has 4 nitrogen and oxygen atoms in total. The molecule has 1 fully saturated rings. The van der Waals surface area contributed by atoms with Crippen LogP contribution in [0.1, 0.15) is 18.9 Å². The highest BCUT2D eigenvalue weighted by Gasteiger charge is 2.24. The molecular weight excluding hydrogens is 214 g/mol. The third kappa shape index (κ3) is 1.75. The molecule has 2 N–H and O–H groups in total. The molecular formula is C13H15N3O. The Labute approximate surface area is 100 Å². The first-order chi connectivity index (χ1) is 8.29. The second-order valence-electron chi connectivity index (χ2n) is 4.37. The molecule has 0 aliphatic heterocycles. The highest BCUT2D eigenvalue weighted by atomic mass is 16.5. The molecule has 1 aromatic carbocycles. The summed E-state index contributed by atoms with van der Waals surface area (Å²) in [5.41, 5.74) is 8.61. The van der Waals surface area contributed by atoms with Crippen molar-refractivity contribution >= 4 is 5.69 Å². The van der Waals surface area contributed by atoms with Crippen LogP contribution in [0.15, 0.2) is 30.6 Å². The molecule has 3 rings (SSSR count). The predicted octanol–water partition coefficient (Wildman–Crippen LogP) is 2.48. The predicted molar refractivity (Wildman–Crippen MR) is 66.9 cm³/mol. The molecule has 0 amide bonds. The minimum Gasteiger partial charge on any atom is -0.494 e. The van der Waals surface area contributed by atoms with Gasteiger partial charge in [-0.3, -0.25) is 4.68 Å². The lowest BCUT2D eigenvalue weighted by Gasteiger charge is -2.09. The number of anilines is 1. The van der Waals surface area contributed by atoms with Gasteiger partial charge in [0.25, 0.3) is 0 Å². The third-order valence-electron chi connectivity index (χ3n) is 3.08. The van der Waals surface area contributed by atoms with Crippen LogP contribution in [0, 0.1) is 0 Å². The number of hydrogen-bond donors (Lipinski definition) is 1. The van der Waals surface area contributed by atoms with Crippen LogP contribution in [0.2, 0.25) is 0 Å². The zero-order chi connectivity index (χ0) is 11.8. The second-order valence-corrected chi connectivity index (χ2v) is 4.37. The lowest BCUT2D eigenvalue weighted by atomic mass is 10.1. The van der Waals surface area contributed by atoms with E-state index in [0.29, 0.717) is 11.7 Å². The number of para-hydroxylation sites is 1. The molecule has 1 saturated carbocycles. The normalized spacial score (nSPS) is 14.9. The van der Waals surface area contributed by atoms with Crippen molar-refractivity contribution in [2.75, 3.05) is 12.8 Å². The Morgan fingerprint density at radius 3 is 2.94 bits per heavy atom. The van der Waals surface area contributed by atoms with Crippen LogP contribution >= 0.6 is 0 Å². The summed E-state index contributed by atoms with van der Waals surface area (Å²) in [4.78, 5) is 0. The molecule has 1 aromatic heterocycles. The topological polar surface area (TPSA) is 53.1 Å². The number of hydrogen-bond acceptors (Lipinski definition) is 3. The highest BCUT2D eigenvalue weighted by molar-refractivity contribution is 5.76. The molecule has 0 spiro atoms. The van der Waals surface area contributed by atoms with Gasteiger partial charge in [-0.15, -0.1) is 0 Å². The van der Waals surface area contributed by atoms with Gasteiger partial charge < -0.3 is 10.5 Å². The van der Waals surface area contributed by atoms with Gasteiger partial charge in [0, 0.05) is 17.3 Å². The standard InChI is InChI=1S/C13H15N3O/c1-17-13-11(3-2-4-12(13)14)9-7-15-16(8-9)10-5-6-10/h2-4,7-8,10H,5-6,14H2,1H3. The van der Waals surface area contributed by atoms with Crippen molar-refractivity contribution in [3.05, 3.63) is 30.6 Å². The molecule has 0 radical (unpaired) electrons. The summed E-state index contributed by atoms with van der Waals surface area (Å²) in [6.45, 7) is 0. The Bertz CT molecular complexity index is 543. The summed E-state index contributed by atoms with van der Waals surface area (Å²) < 4.78 is 7.38. The molecule has 0 bridgehead atoms. The van der Waals surface area contributed by atoms with Crippen molar-refractivity contribution in [2.45, 2.75) is 18.9 Å². The first-order valence-corrected chi connectivity index (χ1v) is 5.76. The number of rotatable bonds is 3. The molecule has 1 aliphatic rings. The molecule has 2 aromatic rings. The fourth-order valence-corrected chi connectivity index (χ4v) is 2.03. The van der Waals surface area contributed by atoms with Crippen molar-refractivity contribution in [2.24, 2.45) is 0 Å². The molecule has 1 aliphatic carbocycles. The molecule has 0 atom stereocenters. The second kappa shape index (κ2) is 3.80. The summed E-state index contributed by atoms with van der Waals surface area (Å²) >= 11 is 0. The first-order valence-electron chi connectivity index (χ1n) is 5.76. The van der Waals surface area contributed by atoms with Gasteiger partial charge in [-0.1, -0.05) is 12.1 Å². The highest BCUT2D eigenvalue weighted by Crippen LogP contribution is 2.38. The van der Waals surface area contributed by atoms with Crippen LogP contribution in [0.5, 0.6) is 5.75 Å². The average molecular weight is 229 g/mol. The number of ether oxygens (including phenoxy) is 1. The summed E-state index contributed by atoms with van der Waals surface area (Å²) in [5, 5.41) is 4.38. The van der Waals surface area contributed by atoms with E-state index in [2.05, 4.69) is 11.3 Å². The summed E-state index contributed by atoms with van der Waals surface area (Å²) in [6.07, 6.45) is 6.40. The van der Waals surface area contributed by atoms with E-state index in [1.807, 2.05) is 29.1 Å². The van der Waals surface area contributed by atoms with E-state index in [-0.39, 0.29) is 0 Å². The molecule has 17 heavy (non-hydrogen) atoms. The van der Waals surface area contributed by atoms with E-state index in [1.54, 1.807) is 7.11 Å². The first kappa shape index (κ1) is 10.2. The number of benzene rings is 1. The van der Waals surface area contributed by atoms with E-state index in [4.69, 9.17) is 10.5 Å². The minimum absolute atomic E-state index is 0.593. The van der Waals surface area contributed by atoms with E-state index in [1.165, 1.54) is 12.8 Å². The zero-order valence-electron chi connectivity index (χ0n) is 9.76. The van der Waals surface area contributed by atoms with Crippen molar-refractivity contribution in [3.63, 3.8) is 0 Å². The Kier molecular flexibility index (Phi) is 2.28. The fraction of sp³-hybridized carbons (Fsp3) is 0.308. The number of nitrogen functional groups attached to an aromatic ring is 1. The van der Waals surface area contributed by atoms with Crippen LogP contribution in [-0.4, -0.2) is 16.9 Å². The monoisotopic (exact) mass is 229 g/mol. The van der Waals surface area contributed by atoms with Crippen LogP contribution in [0.3, 0.4) is 0 Å². The van der Waals surface area contributed by atoms with Gasteiger partial charge in [-0.2, -0.15) is 5.10 Å². The zero-order valence-corrected chi connectivity index (χ0v) is 9.76. The van der Waals surface area contributed by atoms with Gasteiger partial charge in [-0.25, -0.2) is 0 Å². The van der Waals surface area contributed by atoms with Gasteiger partial charge in [0.1, 0.15) is 5.75 Å². The van der Waals surface area contributed by atoms with Crippen LogP contribution in [0.25, 0.3) is 11.1 Å². The lowest BCUT2D eigenvalue weighted by Crippen LogP contribution is -1.94. The Morgan fingerprint density at radius 2 is 2.24 bits per heavy atom. The average Bonchev–Trinajstić information content (AvgIpc) is 3.07. The minimum atomic E-state index is 0.593. The van der Waals surface area contributed by atoms with Crippen LogP contribution in [-0.2, 0) is 0 Å². The quantitative estimate of drug-likeness (QED) is 0.822. The smallest absolute Gasteiger partial charge is 0.149 e. The third-order valence-corrected chi connectivity index (χ3v) is 3.08. The molecule has 0 unspecified atom stereocenters. The number of nitrogens with two attached hydrogens (primary N) is 1. The van der Waals surface area contributed by atoms with Gasteiger partial charge in [0.2, 0.25) is 0 Å². The van der Waals surface area contributed by atoms with Crippen molar-refractivity contribution in [3.8, 4) is 16.9 Å². The van der Waals surface area contributed by atoms with Gasteiger partial charge in [0.15, 0.2) is 0 Å². The largest absolute Gasteiger partial charge is 0.494 e. The molecule has 1 heterocycles. The number of aromatic nitrogens is 2. The van der Waals surface area contributed by atoms with Crippen molar-refractivity contribution in [1.29, 1.82) is 0 Å². The van der Waals surface area contributed by atoms with Gasteiger partial charge >= 0.3 is 0 Å². The van der Waals surface area contributed by atoms with Gasteiger partial charge in [-0.05, 0) is 18.9 Å².